The molecule has 2 N–H and O–H groups in total. The van der Waals surface area contributed by atoms with Crippen LogP contribution < -0.4 is 14.3 Å². The molecule has 0 aliphatic carbocycles. The first-order valence-electron chi connectivity index (χ1n) is 7.60. The summed E-state index contributed by atoms with van der Waals surface area (Å²) in [5.74, 6) is -0.241. The molecule has 0 aromatic carbocycles. The molecule has 0 saturated heterocycles. The summed E-state index contributed by atoms with van der Waals surface area (Å²) >= 11 is 3.45. The second-order valence-corrected chi connectivity index (χ2v) is 21.1. The van der Waals surface area contributed by atoms with Gasteiger partial charge < -0.3 is 0 Å². The molecule has 0 radical (unpaired) electrons. The van der Waals surface area contributed by atoms with E-state index in [-0.39, 0.29) is 29.7 Å². The predicted octanol–water partition coefficient (Wildman–Crippen LogP) is 1.40. The number of carbonyl (C=O) groups excluding carboxylic acids is 2. The minimum atomic E-state index is -2.47. The molecule has 0 spiro atoms. The Labute approximate surface area is 154 Å². The van der Waals surface area contributed by atoms with E-state index in [1.165, 1.54) is 23.6 Å². The van der Waals surface area contributed by atoms with Crippen molar-refractivity contribution in [2.45, 2.75) is 27.7 Å². The fourth-order valence-corrected chi connectivity index (χ4v) is 5.06. The molecule has 2 aromatic rings. The van der Waals surface area contributed by atoms with Gasteiger partial charge in [-0.3, -0.25) is 0 Å². The topological polar surface area (TPSA) is 115 Å². The number of rotatable bonds is 6. The van der Waals surface area contributed by atoms with Crippen LogP contribution in [0.2, 0.25) is 20.0 Å². The molecule has 0 unspecified atom stereocenters. The summed E-state index contributed by atoms with van der Waals surface area (Å²) in [5, 5.41) is 0.196. The summed E-state index contributed by atoms with van der Waals surface area (Å²) in [7, 11) is 0. The third-order valence-corrected chi connectivity index (χ3v) is 8.71. The quantitative estimate of drug-likeness (QED) is 0.505. The number of primary amides is 1. The van der Waals surface area contributed by atoms with Gasteiger partial charge in [0.2, 0.25) is 0 Å². The summed E-state index contributed by atoms with van der Waals surface area (Å²) in [6.45, 7) is 0. The number of hydrogen-bond acceptors (Lipinski definition) is 6. The van der Waals surface area contributed by atoms with Crippen LogP contribution in [0.5, 0.6) is 0 Å². The molecule has 0 fully saturated rings. The van der Waals surface area contributed by atoms with Gasteiger partial charge in [0.1, 0.15) is 0 Å². The van der Waals surface area contributed by atoms with Crippen molar-refractivity contribution in [3.63, 3.8) is 0 Å². The summed E-state index contributed by atoms with van der Waals surface area (Å²) in [6, 6.07) is 3.26. The average molecular weight is 470 g/mol. The number of nitrogens with two attached hydrogens (primary N) is 1. The van der Waals surface area contributed by atoms with Gasteiger partial charge in [-0.15, -0.1) is 0 Å². The number of nitrogens with zero attached hydrogens (tertiary/aromatic N) is 5. The zero-order valence-electron chi connectivity index (χ0n) is 14.2. The van der Waals surface area contributed by atoms with Crippen LogP contribution in [0.3, 0.4) is 0 Å². The Bertz CT molecular complexity index is 796. The Kier molecular flexibility index (Phi) is 6.28. The van der Waals surface area contributed by atoms with Crippen LogP contribution in [-0.2, 0) is 9.59 Å². The maximum atomic E-state index is 12.7. The number of amides is 2. The van der Waals surface area contributed by atoms with Crippen molar-refractivity contribution in [3.8, 4) is 0 Å². The zero-order valence-corrected chi connectivity index (χ0v) is 17.8. The minimum absolute atomic E-state index is 0.0604. The van der Waals surface area contributed by atoms with Crippen molar-refractivity contribution < 1.29 is 9.59 Å². The summed E-state index contributed by atoms with van der Waals surface area (Å²) in [5.41, 5.74) is 5.15. The van der Waals surface area contributed by atoms with Crippen LogP contribution in [0.25, 0.3) is 0 Å². The second-order valence-electron chi connectivity index (χ2n) is 6.41. The number of aromatic nitrogens is 4. The van der Waals surface area contributed by atoms with Gasteiger partial charge in [-0.05, 0) is 0 Å². The normalized spacial score (nSPS) is 11.2. The van der Waals surface area contributed by atoms with E-state index >= 15 is 0 Å². The molecule has 25 heavy (non-hydrogen) atoms. The molecular formula is C15H19ClN6O2Sn. The first-order chi connectivity index (χ1) is 11.7. The maximum absolute atomic E-state index is 12.7. The monoisotopic (exact) mass is 470 g/mol. The molecule has 2 aromatic heterocycles. The van der Waals surface area contributed by atoms with Crippen LogP contribution in [-0.4, -0.2) is 50.1 Å². The van der Waals surface area contributed by atoms with E-state index in [0.29, 0.717) is 5.82 Å². The molecule has 2 amide bonds. The van der Waals surface area contributed by atoms with Crippen molar-refractivity contribution in [2.75, 3.05) is 4.90 Å². The fraction of sp³-hybridized carbons (Fsp3) is 0.333. The number of hydrogen-bond donors (Lipinski definition) is 1. The molecule has 0 saturated carbocycles. The molecule has 10 heteroatoms. The summed E-state index contributed by atoms with van der Waals surface area (Å²) < 4.78 is 0.965. The van der Waals surface area contributed by atoms with E-state index in [1.54, 1.807) is 6.07 Å². The van der Waals surface area contributed by atoms with E-state index in [0.717, 1.165) is 3.71 Å². The molecule has 132 valence electrons. The number of carbonyl (C=O) groups is 2. The fourth-order valence-electron chi connectivity index (χ4n) is 2.04. The van der Waals surface area contributed by atoms with E-state index in [1.807, 2.05) is 0 Å². The first kappa shape index (κ1) is 19.5. The molecular weight excluding hydrogens is 450 g/mol. The van der Waals surface area contributed by atoms with Crippen LogP contribution >= 0.6 is 11.6 Å². The van der Waals surface area contributed by atoms with E-state index < -0.39 is 24.3 Å². The molecule has 0 bridgehead atoms. The molecule has 2 rings (SSSR count). The van der Waals surface area contributed by atoms with Gasteiger partial charge in [-0.1, -0.05) is 0 Å². The van der Waals surface area contributed by atoms with Gasteiger partial charge in [0.25, 0.3) is 0 Å². The van der Waals surface area contributed by atoms with Gasteiger partial charge in [0.05, 0.1) is 0 Å². The Balaban J connectivity index is 2.48. The van der Waals surface area contributed by atoms with Gasteiger partial charge in [0.15, 0.2) is 0 Å². The Morgan fingerprint density at radius 3 is 2.20 bits per heavy atom. The van der Waals surface area contributed by atoms with Crippen molar-refractivity contribution >= 4 is 57.1 Å². The van der Waals surface area contributed by atoms with Crippen LogP contribution in [0.1, 0.15) is 12.8 Å². The van der Waals surface area contributed by atoms with Crippen molar-refractivity contribution in [2.24, 2.45) is 5.73 Å². The number of halogens is 1. The second kappa shape index (κ2) is 8.05. The van der Waals surface area contributed by atoms with E-state index in [2.05, 4.69) is 34.8 Å². The van der Waals surface area contributed by atoms with Gasteiger partial charge >= 0.3 is 155 Å². The Hall–Kier alpha value is -1.81. The van der Waals surface area contributed by atoms with Crippen molar-refractivity contribution in [1.82, 2.24) is 19.9 Å². The third kappa shape index (κ3) is 5.33. The molecule has 2 heterocycles. The van der Waals surface area contributed by atoms with Crippen LogP contribution in [0, 0.1) is 0 Å². The zero-order chi connectivity index (χ0) is 18.6. The SMILES string of the molecule is [CH3][Sn]([CH3])([CH3])[c]1cc(N(C(=O)CCC(N)=O)c2cc(Cl)ncn2)ncn1. The van der Waals surface area contributed by atoms with Crippen LogP contribution in [0.4, 0.5) is 11.6 Å². The Morgan fingerprint density at radius 2 is 1.64 bits per heavy atom. The van der Waals surface area contributed by atoms with Gasteiger partial charge in [0, 0.05) is 0 Å². The number of anilines is 2. The van der Waals surface area contributed by atoms with E-state index in [9.17, 15) is 9.59 Å². The van der Waals surface area contributed by atoms with Crippen LogP contribution in [0.15, 0.2) is 24.8 Å². The van der Waals surface area contributed by atoms with Crippen molar-refractivity contribution in [1.29, 1.82) is 0 Å². The first-order valence-corrected chi connectivity index (χ1v) is 18.0. The van der Waals surface area contributed by atoms with E-state index in [4.69, 9.17) is 17.3 Å². The predicted molar refractivity (Wildman–Crippen MR) is 97.6 cm³/mol. The Morgan fingerprint density at radius 1 is 1.04 bits per heavy atom. The third-order valence-electron chi connectivity index (χ3n) is 3.33. The average Bonchev–Trinajstić information content (AvgIpc) is 2.53. The van der Waals surface area contributed by atoms with Gasteiger partial charge in [-0.25, -0.2) is 0 Å². The molecule has 0 atom stereocenters. The standard InChI is InChI=1S/C12H10ClN6O2.3CH3.Sn/c13-8-5-11(18-7-16-8)19(10-3-4-15-6-17-10)12(21)2-1-9(14)20;;;;/h3,5-7H,1-2H2,(H2,14,20);3*1H3;. The van der Waals surface area contributed by atoms with Crippen molar-refractivity contribution in [3.05, 3.63) is 29.9 Å². The summed E-state index contributed by atoms with van der Waals surface area (Å²) in [4.78, 5) is 48.2. The van der Waals surface area contributed by atoms with Gasteiger partial charge in [-0.2, -0.15) is 0 Å². The molecule has 0 aliphatic heterocycles. The molecule has 8 nitrogen and oxygen atoms in total. The molecule has 0 aliphatic rings. The summed E-state index contributed by atoms with van der Waals surface area (Å²) in [6.07, 6.45) is 2.57.